The Morgan fingerprint density at radius 3 is 2.43 bits per heavy atom. The Kier molecular flexibility index (Phi) is 5.26. The van der Waals surface area contributed by atoms with Gasteiger partial charge in [0.25, 0.3) is 0 Å². The van der Waals surface area contributed by atoms with Gasteiger partial charge in [-0.3, -0.25) is 4.98 Å². The number of pyridine rings is 1. The highest BCUT2D eigenvalue weighted by Gasteiger charge is 2.34. The van der Waals surface area contributed by atoms with E-state index < -0.39 is 0 Å². The van der Waals surface area contributed by atoms with Crippen LogP contribution in [0.15, 0.2) is 18.3 Å². The van der Waals surface area contributed by atoms with E-state index in [1.54, 1.807) is 7.11 Å². The van der Waals surface area contributed by atoms with Crippen molar-refractivity contribution in [1.82, 2.24) is 10.3 Å². The SMILES string of the molecule is CNC(c1ncccc1OC)C1CCC(C(C)(C)C)CC1. The third-order valence-electron chi connectivity index (χ3n) is 5.09. The molecule has 118 valence electrons. The molecule has 0 bridgehead atoms. The molecule has 0 amide bonds. The van der Waals surface area contributed by atoms with Crippen LogP contribution < -0.4 is 10.1 Å². The van der Waals surface area contributed by atoms with Crippen molar-refractivity contribution in [2.45, 2.75) is 52.5 Å². The van der Waals surface area contributed by atoms with E-state index in [4.69, 9.17) is 4.74 Å². The molecule has 1 aliphatic rings. The van der Waals surface area contributed by atoms with E-state index in [1.165, 1.54) is 25.7 Å². The second-order valence-corrected chi connectivity index (χ2v) is 7.33. The number of rotatable bonds is 4. The fraction of sp³-hybridized carbons (Fsp3) is 0.722. The highest BCUT2D eigenvalue weighted by atomic mass is 16.5. The zero-order valence-corrected chi connectivity index (χ0v) is 14.1. The molecule has 3 nitrogen and oxygen atoms in total. The van der Waals surface area contributed by atoms with Crippen LogP contribution in [0.4, 0.5) is 0 Å². The maximum absolute atomic E-state index is 5.49. The normalized spacial score (nSPS) is 24.6. The standard InChI is InChI=1S/C18H30N2O/c1-18(2,3)14-10-8-13(9-11-14)16(19-4)17-15(21-5)7-6-12-20-17/h6-7,12-14,16,19H,8-11H2,1-5H3. The van der Waals surface area contributed by atoms with E-state index in [0.717, 1.165) is 17.4 Å². The number of nitrogens with one attached hydrogen (secondary N) is 1. The Hall–Kier alpha value is -1.09. The van der Waals surface area contributed by atoms with E-state index in [9.17, 15) is 0 Å². The molecular weight excluding hydrogens is 260 g/mol. The molecule has 1 aromatic heterocycles. The molecule has 1 unspecified atom stereocenters. The van der Waals surface area contributed by atoms with Gasteiger partial charge in [-0.15, -0.1) is 0 Å². The fourth-order valence-corrected chi connectivity index (χ4v) is 3.72. The zero-order valence-electron chi connectivity index (χ0n) is 14.1. The summed E-state index contributed by atoms with van der Waals surface area (Å²) in [5.41, 5.74) is 1.49. The number of methoxy groups -OCH3 is 1. The summed E-state index contributed by atoms with van der Waals surface area (Å²) in [4.78, 5) is 4.58. The Morgan fingerprint density at radius 2 is 1.90 bits per heavy atom. The maximum atomic E-state index is 5.49. The van der Waals surface area contributed by atoms with E-state index >= 15 is 0 Å². The van der Waals surface area contributed by atoms with Gasteiger partial charge in [0, 0.05) is 6.20 Å². The van der Waals surface area contributed by atoms with Gasteiger partial charge < -0.3 is 10.1 Å². The first-order chi connectivity index (χ1) is 9.97. The highest BCUT2D eigenvalue weighted by Crippen LogP contribution is 2.44. The summed E-state index contributed by atoms with van der Waals surface area (Å²) in [6, 6.07) is 4.24. The van der Waals surface area contributed by atoms with E-state index in [0.29, 0.717) is 17.4 Å². The minimum Gasteiger partial charge on any atom is -0.495 e. The number of nitrogens with zero attached hydrogens (tertiary/aromatic N) is 1. The number of aromatic nitrogens is 1. The molecule has 1 aromatic rings. The van der Waals surface area contributed by atoms with Gasteiger partial charge in [-0.1, -0.05) is 20.8 Å². The average Bonchev–Trinajstić information content (AvgIpc) is 2.48. The van der Waals surface area contributed by atoms with Gasteiger partial charge in [-0.25, -0.2) is 0 Å². The molecule has 0 radical (unpaired) electrons. The van der Waals surface area contributed by atoms with Crippen LogP contribution in [-0.2, 0) is 0 Å². The smallest absolute Gasteiger partial charge is 0.141 e. The topological polar surface area (TPSA) is 34.2 Å². The van der Waals surface area contributed by atoms with Gasteiger partial charge in [-0.05, 0) is 62.1 Å². The Morgan fingerprint density at radius 1 is 1.24 bits per heavy atom. The summed E-state index contributed by atoms with van der Waals surface area (Å²) >= 11 is 0. The van der Waals surface area contributed by atoms with Crippen molar-refractivity contribution in [1.29, 1.82) is 0 Å². The summed E-state index contributed by atoms with van der Waals surface area (Å²) in [6.07, 6.45) is 7.05. The van der Waals surface area contributed by atoms with Gasteiger partial charge in [0.15, 0.2) is 0 Å². The van der Waals surface area contributed by atoms with Crippen LogP contribution in [0.25, 0.3) is 0 Å². The van der Waals surface area contributed by atoms with Crippen LogP contribution in [0.1, 0.15) is 58.2 Å². The molecule has 2 rings (SSSR count). The average molecular weight is 290 g/mol. The molecule has 1 N–H and O–H groups in total. The van der Waals surface area contributed by atoms with E-state index in [1.807, 2.05) is 25.4 Å². The largest absolute Gasteiger partial charge is 0.495 e. The first-order valence-electron chi connectivity index (χ1n) is 8.13. The molecule has 21 heavy (non-hydrogen) atoms. The lowest BCUT2D eigenvalue weighted by Gasteiger charge is -2.39. The number of hydrogen-bond donors (Lipinski definition) is 1. The van der Waals surface area contributed by atoms with Crippen LogP contribution in [0.5, 0.6) is 5.75 Å². The third kappa shape index (κ3) is 3.76. The summed E-state index contributed by atoms with van der Waals surface area (Å²) in [6.45, 7) is 7.11. The Balaban J connectivity index is 2.10. The molecule has 0 saturated heterocycles. The lowest BCUT2D eigenvalue weighted by molar-refractivity contribution is 0.132. The molecule has 1 fully saturated rings. The first-order valence-corrected chi connectivity index (χ1v) is 8.13. The lowest BCUT2D eigenvalue weighted by atomic mass is 9.68. The van der Waals surface area contributed by atoms with Crippen LogP contribution in [-0.4, -0.2) is 19.1 Å². The van der Waals surface area contributed by atoms with Gasteiger partial charge in [0.2, 0.25) is 0 Å². The van der Waals surface area contributed by atoms with Crippen molar-refractivity contribution < 1.29 is 4.74 Å². The second kappa shape index (κ2) is 6.78. The van der Waals surface area contributed by atoms with Crippen LogP contribution >= 0.6 is 0 Å². The van der Waals surface area contributed by atoms with Crippen molar-refractivity contribution in [3.63, 3.8) is 0 Å². The molecule has 0 spiro atoms. The van der Waals surface area contributed by atoms with Crippen molar-refractivity contribution >= 4 is 0 Å². The minimum atomic E-state index is 0.294. The molecule has 1 aliphatic carbocycles. The first kappa shape index (κ1) is 16.3. The van der Waals surface area contributed by atoms with Gasteiger partial charge >= 0.3 is 0 Å². The minimum absolute atomic E-state index is 0.294. The van der Waals surface area contributed by atoms with Crippen molar-refractivity contribution in [3.05, 3.63) is 24.0 Å². The summed E-state index contributed by atoms with van der Waals surface area (Å²) < 4.78 is 5.49. The van der Waals surface area contributed by atoms with Crippen molar-refractivity contribution in [3.8, 4) is 5.75 Å². The van der Waals surface area contributed by atoms with Crippen LogP contribution in [0.3, 0.4) is 0 Å². The zero-order chi connectivity index (χ0) is 15.5. The molecule has 0 aromatic carbocycles. The highest BCUT2D eigenvalue weighted by molar-refractivity contribution is 5.30. The lowest BCUT2D eigenvalue weighted by Crippen LogP contribution is -2.32. The quantitative estimate of drug-likeness (QED) is 0.902. The summed E-state index contributed by atoms with van der Waals surface area (Å²) in [5, 5.41) is 3.47. The van der Waals surface area contributed by atoms with Crippen molar-refractivity contribution in [2.24, 2.45) is 17.3 Å². The van der Waals surface area contributed by atoms with Crippen LogP contribution in [0.2, 0.25) is 0 Å². The van der Waals surface area contributed by atoms with Gasteiger partial charge in [0.05, 0.1) is 18.8 Å². The molecule has 1 heterocycles. The molecule has 1 saturated carbocycles. The summed E-state index contributed by atoms with van der Waals surface area (Å²) in [7, 11) is 3.76. The Bertz CT molecular complexity index is 445. The molecule has 1 atom stereocenters. The number of ether oxygens (including phenoxy) is 1. The predicted molar refractivity (Wildman–Crippen MR) is 87.5 cm³/mol. The van der Waals surface area contributed by atoms with Gasteiger partial charge in [-0.2, -0.15) is 0 Å². The predicted octanol–water partition coefficient (Wildman–Crippen LogP) is 4.20. The van der Waals surface area contributed by atoms with E-state index in [2.05, 4.69) is 31.1 Å². The maximum Gasteiger partial charge on any atom is 0.141 e. The molecule has 0 aliphatic heterocycles. The molecular formula is C18H30N2O. The third-order valence-corrected chi connectivity index (χ3v) is 5.09. The van der Waals surface area contributed by atoms with Crippen molar-refractivity contribution in [2.75, 3.05) is 14.2 Å². The number of hydrogen-bond acceptors (Lipinski definition) is 3. The monoisotopic (exact) mass is 290 g/mol. The Labute approximate surface area is 129 Å². The fourth-order valence-electron chi connectivity index (χ4n) is 3.72. The van der Waals surface area contributed by atoms with Crippen LogP contribution in [0, 0.1) is 17.3 Å². The van der Waals surface area contributed by atoms with Gasteiger partial charge in [0.1, 0.15) is 5.75 Å². The van der Waals surface area contributed by atoms with E-state index in [-0.39, 0.29) is 0 Å². The molecule has 3 heteroatoms. The summed E-state index contributed by atoms with van der Waals surface area (Å²) in [5.74, 6) is 2.39. The second-order valence-electron chi connectivity index (χ2n) is 7.33.